The summed E-state index contributed by atoms with van der Waals surface area (Å²) in [5.74, 6) is -0.883. The fourth-order valence-electron chi connectivity index (χ4n) is 1.32. The number of aromatic amines is 1. The number of benzene rings is 1. The van der Waals surface area contributed by atoms with Crippen LogP contribution in [0.4, 0.5) is 17.3 Å². The second-order valence-corrected chi connectivity index (χ2v) is 3.16. The van der Waals surface area contributed by atoms with Crippen LogP contribution in [0.3, 0.4) is 0 Å². The van der Waals surface area contributed by atoms with Crippen molar-refractivity contribution in [2.24, 2.45) is 0 Å². The minimum atomic E-state index is -1.12. The quantitative estimate of drug-likeness (QED) is 0.624. The molecule has 0 atom stereocenters. The first kappa shape index (κ1) is 10.0. The average molecular weight is 218 g/mol. The molecular weight excluding hydrogens is 208 g/mol. The minimum Gasteiger partial charge on any atom is -0.477 e. The summed E-state index contributed by atoms with van der Waals surface area (Å²) in [7, 11) is 0. The van der Waals surface area contributed by atoms with E-state index < -0.39 is 5.97 Å². The van der Waals surface area contributed by atoms with Gasteiger partial charge in [0, 0.05) is 5.69 Å². The highest BCUT2D eigenvalue weighted by Crippen LogP contribution is 2.22. The predicted octanol–water partition coefficient (Wildman–Crippen LogP) is 1.43. The average Bonchev–Trinajstić information content (AvgIpc) is 2.61. The van der Waals surface area contributed by atoms with Crippen molar-refractivity contribution in [3.8, 4) is 0 Å². The lowest BCUT2D eigenvalue weighted by atomic mass is 10.2. The molecule has 0 spiro atoms. The maximum absolute atomic E-state index is 10.9. The van der Waals surface area contributed by atoms with Crippen LogP contribution < -0.4 is 11.1 Å². The van der Waals surface area contributed by atoms with Crippen LogP contribution in [0.5, 0.6) is 0 Å². The maximum atomic E-state index is 10.9. The molecule has 2 rings (SSSR count). The Labute approximate surface area is 91.1 Å². The molecule has 0 aliphatic heterocycles. The number of hydrogen-bond donors (Lipinski definition) is 4. The number of nitrogens with one attached hydrogen (secondary N) is 2. The Kier molecular flexibility index (Phi) is 2.47. The molecule has 0 bridgehead atoms. The van der Waals surface area contributed by atoms with Gasteiger partial charge in [0.2, 0.25) is 0 Å². The number of carboxylic acid groups (broad SMARTS) is 1. The lowest BCUT2D eigenvalue weighted by Gasteiger charge is -2.03. The van der Waals surface area contributed by atoms with Gasteiger partial charge >= 0.3 is 5.97 Å². The number of carbonyl (C=O) groups is 1. The zero-order valence-electron chi connectivity index (χ0n) is 8.27. The molecule has 0 aliphatic rings. The normalized spacial score (nSPS) is 10.0. The van der Waals surface area contributed by atoms with Gasteiger partial charge in [0.15, 0.2) is 5.82 Å². The Morgan fingerprint density at radius 2 is 2.06 bits per heavy atom. The Morgan fingerprint density at radius 3 is 2.69 bits per heavy atom. The minimum absolute atomic E-state index is 0.0333. The van der Waals surface area contributed by atoms with Gasteiger partial charge in [-0.2, -0.15) is 5.10 Å². The molecule has 6 nitrogen and oxygen atoms in total. The molecule has 82 valence electrons. The Morgan fingerprint density at radius 1 is 1.38 bits per heavy atom. The van der Waals surface area contributed by atoms with Gasteiger partial charge < -0.3 is 16.2 Å². The summed E-state index contributed by atoms with van der Waals surface area (Å²) in [6, 6.07) is 9.13. The molecule has 0 aliphatic carbocycles. The fraction of sp³-hybridized carbons (Fsp3) is 0. The van der Waals surface area contributed by atoms with Gasteiger partial charge in [-0.15, -0.1) is 0 Å². The van der Waals surface area contributed by atoms with Gasteiger partial charge in [0.1, 0.15) is 11.4 Å². The third-order valence-corrected chi connectivity index (χ3v) is 2.04. The summed E-state index contributed by atoms with van der Waals surface area (Å²) in [6.07, 6.45) is 0. The maximum Gasteiger partial charge on any atom is 0.343 e. The summed E-state index contributed by atoms with van der Waals surface area (Å²) in [6.45, 7) is 0. The second kappa shape index (κ2) is 3.93. The number of aromatic nitrogens is 2. The number of H-pyrrole nitrogens is 1. The van der Waals surface area contributed by atoms with Gasteiger partial charge in [-0.1, -0.05) is 18.2 Å². The number of hydrogen-bond acceptors (Lipinski definition) is 4. The van der Waals surface area contributed by atoms with Crippen molar-refractivity contribution in [3.63, 3.8) is 0 Å². The molecule has 0 fully saturated rings. The van der Waals surface area contributed by atoms with Crippen LogP contribution in [0, 0.1) is 0 Å². The molecule has 2 aromatic rings. The number of nitrogens with zero attached hydrogens (tertiary/aromatic N) is 1. The van der Waals surface area contributed by atoms with E-state index in [1.165, 1.54) is 0 Å². The summed E-state index contributed by atoms with van der Waals surface area (Å²) >= 11 is 0. The molecule has 16 heavy (non-hydrogen) atoms. The molecular formula is C10H10N4O2. The SMILES string of the molecule is Nc1[nH]nc(Nc2ccccc2)c1C(=O)O. The van der Waals surface area contributed by atoms with E-state index in [0.29, 0.717) is 0 Å². The van der Waals surface area contributed by atoms with E-state index in [2.05, 4.69) is 15.5 Å². The lowest BCUT2D eigenvalue weighted by Crippen LogP contribution is -2.03. The number of nitrogen functional groups attached to an aromatic ring is 1. The first-order valence-corrected chi connectivity index (χ1v) is 4.57. The smallest absolute Gasteiger partial charge is 0.343 e. The summed E-state index contributed by atoms with van der Waals surface area (Å²) in [4.78, 5) is 10.9. The van der Waals surface area contributed by atoms with Crippen LogP contribution in [0.2, 0.25) is 0 Å². The summed E-state index contributed by atoms with van der Waals surface area (Å²) in [5, 5.41) is 18.0. The van der Waals surface area contributed by atoms with Crippen LogP contribution in [-0.2, 0) is 0 Å². The van der Waals surface area contributed by atoms with Crippen molar-refractivity contribution in [3.05, 3.63) is 35.9 Å². The lowest BCUT2D eigenvalue weighted by molar-refractivity contribution is 0.0699. The molecule has 5 N–H and O–H groups in total. The molecule has 0 amide bonds. The number of aromatic carboxylic acids is 1. The van der Waals surface area contributed by atoms with Crippen LogP contribution in [0.25, 0.3) is 0 Å². The molecule has 0 saturated carbocycles. The first-order valence-electron chi connectivity index (χ1n) is 4.57. The number of carboxylic acids is 1. The standard InChI is InChI=1S/C10H10N4O2/c11-8-7(10(15)16)9(14-13-8)12-6-4-2-1-3-5-6/h1-5H,(H,15,16)(H4,11,12,13,14). The topological polar surface area (TPSA) is 104 Å². The van der Waals surface area contributed by atoms with Gasteiger partial charge in [-0.3, -0.25) is 5.10 Å². The molecule has 1 heterocycles. The van der Waals surface area contributed by atoms with Crippen molar-refractivity contribution < 1.29 is 9.90 Å². The van der Waals surface area contributed by atoms with Crippen molar-refractivity contribution in [1.29, 1.82) is 0 Å². The number of nitrogens with two attached hydrogens (primary N) is 1. The Hall–Kier alpha value is -2.50. The Balaban J connectivity index is 2.32. The van der Waals surface area contributed by atoms with Crippen LogP contribution in [-0.4, -0.2) is 21.3 Å². The van der Waals surface area contributed by atoms with Crippen molar-refractivity contribution in [1.82, 2.24) is 10.2 Å². The molecule has 6 heteroatoms. The molecule has 0 unspecified atom stereocenters. The van der Waals surface area contributed by atoms with Crippen LogP contribution in [0.1, 0.15) is 10.4 Å². The van der Waals surface area contributed by atoms with E-state index in [0.717, 1.165) is 5.69 Å². The third kappa shape index (κ3) is 1.81. The fourth-order valence-corrected chi connectivity index (χ4v) is 1.32. The van der Waals surface area contributed by atoms with E-state index >= 15 is 0 Å². The highest BCUT2D eigenvalue weighted by Gasteiger charge is 2.17. The van der Waals surface area contributed by atoms with Crippen molar-refractivity contribution in [2.45, 2.75) is 0 Å². The molecule has 0 radical (unpaired) electrons. The first-order chi connectivity index (χ1) is 7.68. The zero-order chi connectivity index (χ0) is 11.5. The van der Waals surface area contributed by atoms with E-state index in [-0.39, 0.29) is 17.2 Å². The van der Waals surface area contributed by atoms with E-state index in [9.17, 15) is 4.79 Å². The second-order valence-electron chi connectivity index (χ2n) is 3.16. The van der Waals surface area contributed by atoms with Crippen molar-refractivity contribution >= 4 is 23.3 Å². The molecule has 0 saturated heterocycles. The predicted molar refractivity (Wildman–Crippen MR) is 59.7 cm³/mol. The third-order valence-electron chi connectivity index (χ3n) is 2.04. The van der Waals surface area contributed by atoms with Crippen LogP contribution in [0.15, 0.2) is 30.3 Å². The van der Waals surface area contributed by atoms with Crippen LogP contribution >= 0.6 is 0 Å². The highest BCUT2D eigenvalue weighted by atomic mass is 16.4. The zero-order valence-corrected chi connectivity index (χ0v) is 8.27. The summed E-state index contributed by atoms with van der Waals surface area (Å²) in [5.41, 5.74) is 6.15. The number of anilines is 3. The van der Waals surface area contributed by atoms with E-state index in [1.807, 2.05) is 18.2 Å². The van der Waals surface area contributed by atoms with Gasteiger partial charge in [0.25, 0.3) is 0 Å². The van der Waals surface area contributed by atoms with Gasteiger partial charge in [-0.05, 0) is 12.1 Å². The van der Waals surface area contributed by atoms with Crippen molar-refractivity contribution in [2.75, 3.05) is 11.1 Å². The summed E-state index contributed by atoms with van der Waals surface area (Å²) < 4.78 is 0. The molecule has 1 aromatic heterocycles. The monoisotopic (exact) mass is 218 g/mol. The van der Waals surface area contributed by atoms with Gasteiger partial charge in [0.05, 0.1) is 0 Å². The molecule has 1 aromatic carbocycles. The van der Waals surface area contributed by atoms with E-state index in [4.69, 9.17) is 10.8 Å². The largest absolute Gasteiger partial charge is 0.477 e. The number of rotatable bonds is 3. The number of para-hydroxylation sites is 1. The Bertz CT molecular complexity index is 507. The highest BCUT2D eigenvalue weighted by molar-refractivity contribution is 5.98. The van der Waals surface area contributed by atoms with Gasteiger partial charge in [-0.25, -0.2) is 4.79 Å². The van der Waals surface area contributed by atoms with E-state index in [1.54, 1.807) is 12.1 Å².